The van der Waals surface area contributed by atoms with E-state index in [-0.39, 0.29) is 5.91 Å². The maximum absolute atomic E-state index is 12.5. The van der Waals surface area contributed by atoms with Crippen LogP contribution in [0.5, 0.6) is 0 Å². The molecule has 0 radical (unpaired) electrons. The average Bonchev–Trinajstić information content (AvgIpc) is 2.96. The molecule has 4 rings (SSSR count). The molecule has 0 saturated carbocycles. The summed E-state index contributed by atoms with van der Waals surface area (Å²) < 4.78 is 2.14. The Morgan fingerprint density at radius 3 is 2.44 bits per heavy atom. The van der Waals surface area contributed by atoms with E-state index in [0.29, 0.717) is 26.1 Å². The molecular weight excluding hydrogens is 336 g/mol. The number of hydrogen-bond donors (Lipinski definition) is 0. The number of hydrogen-bond acceptors (Lipinski definition) is 3. The highest BCUT2D eigenvalue weighted by molar-refractivity contribution is 5.94. The number of carbonyl (C=O) groups is 1. The summed E-state index contributed by atoms with van der Waals surface area (Å²) in [7, 11) is 0. The van der Waals surface area contributed by atoms with Gasteiger partial charge in [0.05, 0.1) is 0 Å². The fraction of sp³-hybridized carbons (Fsp3) is 0.227. The van der Waals surface area contributed by atoms with Crippen LogP contribution in [0.25, 0.3) is 0 Å². The van der Waals surface area contributed by atoms with Crippen LogP contribution in [0.15, 0.2) is 60.7 Å². The summed E-state index contributed by atoms with van der Waals surface area (Å²) in [5.74, 6) is 7.45. The van der Waals surface area contributed by atoms with Crippen molar-refractivity contribution in [3.63, 3.8) is 0 Å². The Balaban J connectivity index is 1.44. The van der Waals surface area contributed by atoms with Crippen LogP contribution >= 0.6 is 0 Å². The quantitative estimate of drug-likeness (QED) is 0.662. The van der Waals surface area contributed by atoms with Gasteiger partial charge >= 0.3 is 0 Å². The van der Waals surface area contributed by atoms with Gasteiger partial charge in [-0.25, -0.2) is 0 Å². The monoisotopic (exact) mass is 356 g/mol. The Morgan fingerprint density at radius 1 is 0.926 bits per heavy atom. The summed E-state index contributed by atoms with van der Waals surface area (Å²) in [6.45, 7) is 1.93. The molecule has 5 heteroatoms. The molecule has 1 amide bonds. The van der Waals surface area contributed by atoms with Crippen molar-refractivity contribution in [1.82, 2.24) is 19.7 Å². The van der Waals surface area contributed by atoms with Gasteiger partial charge in [0.15, 0.2) is 0 Å². The van der Waals surface area contributed by atoms with Gasteiger partial charge in [-0.15, -0.1) is 10.2 Å². The first-order chi connectivity index (χ1) is 13.3. The third-order valence-corrected chi connectivity index (χ3v) is 4.68. The smallest absolute Gasteiger partial charge is 0.298 e. The molecule has 1 aliphatic heterocycles. The number of amides is 1. The second kappa shape index (κ2) is 7.88. The van der Waals surface area contributed by atoms with Gasteiger partial charge in [0, 0.05) is 44.0 Å². The summed E-state index contributed by atoms with van der Waals surface area (Å²) in [4.78, 5) is 14.3. The molecule has 0 aliphatic carbocycles. The molecule has 0 saturated heterocycles. The Morgan fingerprint density at radius 2 is 1.67 bits per heavy atom. The van der Waals surface area contributed by atoms with Crippen LogP contribution in [-0.4, -0.2) is 38.7 Å². The van der Waals surface area contributed by atoms with Gasteiger partial charge in [0.2, 0.25) is 0 Å². The maximum atomic E-state index is 12.5. The largest absolute Gasteiger partial charge is 0.330 e. The highest BCUT2D eigenvalue weighted by Crippen LogP contribution is 2.13. The highest BCUT2D eigenvalue weighted by atomic mass is 16.2. The lowest BCUT2D eigenvalue weighted by molar-refractivity contribution is -0.125. The molecule has 0 spiro atoms. The second-order valence-electron chi connectivity index (χ2n) is 6.50. The number of nitrogens with zero attached hydrogens (tertiary/aromatic N) is 4. The molecule has 3 aromatic rings. The van der Waals surface area contributed by atoms with Gasteiger partial charge in [-0.2, -0.15) is 0 Å². The van der Waals surface area contributed by atoms with Crippen LogP contribution < -0.4 is 0 Å². The van der Waals surface area contributed by atoms with Crippen LogP contribution in [0.1, 0.15) is 22.8 Å². The Hall–Kier alpha value is -3.39. The first-order valence-electron chi connectivity index (χ1n) is 9.10. The molecule has 2 aromatic carbocycles. The molecule has 0 atom stereocenters. The van der Waals surface area contributed by atoms with Crippen molar-refractivity contribution in [2.75, 3.05) is 13.1 Å². The molecule has 0 unspecified atom stereocenters. The number of aromatic nitrogens is 3. The zero-order chi connectivity index (χ0) is 18.5. The normalized spacial score (nSPS) is 13.3. The minimum atomic E-state index is -0.137. The zero-order valence-electron chi connectivity index (χ0n) is 15.0. The first kappa shape index (κ1) is 17.0. The predicted octanol–water partition coefficient (Wildman–Crippen LogP) is 2.31. The van der Waals surface area contributed by atoms with E-state index in [1.54, 1.807) is 4.90 Å². The van der Waals surface area contributed by atoms with Crippen LogP contribution in [0, 0.1) is 11.8 Å². The van der Waals surface area contributed by atoms with Crippen LogP contribution in [0.3, 0.4) is 0 Å². The molecule has 1 aromatic heterocycles. The Bertz CT molecular complexity index is 983. The van der Waals surface area contributed by atoms with E-state index in [9.17, 15) is 4.79 Å². The van der Waals surface area contributed by atoms with Crippen molar-refractivity contribution in [3.8, 4) is 11.8 Å². The number of fused-ring (bicyclic) bond motifs is 1. The summed E-state index contributed by atoms with van der Waals surface area (Å²) in [6, 6.07) is 19.8. The van der Waals surface area contributed by atoms with Gasteiger partial charge < -0.3 is 9.47 Å². The minimum absolute atomic E-state index is 0.137. The number of rotatable bonds is 2. The molecule has 0 N–H and O–H groups in total. The van der Waals surface area contributed by atoms with Crippen molar-refractivity contribution < 1.29 is 4.79 Å². The van der Waals surface area contributed by atoms with Crippen LogP contribution in [0.4, 0.5) is 0 Å². The van der Waals surface area contributed by atoms with E-state index in [1.165, 1.54) is 5.56 Å². The van der Waals surface area contributed by atoms with Crippen molar-refractivity contribution in [2.45, 2.75) is 19.4 Å². The van der Waals surface area contributed by atoms with Gasteiger partial charge in [0.25, 0.3) is 5.91 Å². The van der Waals surface area contributed by atoms with E-state index in [2.05, 4.69) is 38.7 Å². The lowest BCUT2D eigenvalue weighted by Gasteiger charge is -2.16. The first-order valence-corrected chi connectivity index (χ1v) is 9.10. The predicted molar refractivity (Wildman–Crippen MR) is 103 cm³/mol. The number of carbonyl (C=O) groups excluding carboxylic acids is 1. The summed E-state index contributed by atoms with van der Waals surface area (Å²) in [6.07, 6.45) is 1.44. The lowest BCUT2D eigenvalue weighted by atomic mass is 10.1. The minimum Gasteiger partial charge on any atom is -0.330 e. The molecule has 27 heavy (non-hydrogen) atoms. The second-order valence-corrected chi connectivity index (χ2v) is 6.50. The fourth-order valence-electron chi connectivity index (χ4n) is 3.22. The van der Waals surface area contributed by atoms with Crippen LogP contribution in [0.2, 0.25) is 0 Å². The third-order valence-electron chi connectivity index (χ3n) is 4.68. The maximum Gasteiger partial charge on any atom is 0.298 e. The molecule has 0 bridgehead atoms. The topological polar surface area (TPSA) is 51.0 Å². The number of benzene rings is 2. The summed E-state index contributed by atoms with van der Waals surface area (Å²) in [5, 5.41) is 8.70. The fourth-order valence-corrected chi connectivity index (χ4v) is 3.22. The van der Waals surface area contributed by atoms with Gasteiger partial charge in [-0.3, -0.25) is 4.79 Å². The lowest BCUT2D eigenvalue weighted by Crippen LogP contribution is -2.32. The van der Waals surface area contributed by atoms with Crippen molar-refractivity contribution in [1.29, 1.82) is 0 Å². The molecule has 5 nitrogen and oxygen atoms in total. The molecule has 0 fully saturated rings. The van der Waals surface area contributed by atoms with Gasteiger partial charge in [-0.05, 0) is 17.7 Å². The van der Waals surface area contributed by atoms with E-state index in [1.807, 2.05) is 48.5 Å². The van der Waals surface area contributed by atoms with Gasteiger partial charge in [-0.1, -0.05) is 54.5 Å². The van der Waals surface area contributed by atoms with E-state index >= 15 is 0 Å². The van der Waals surface area contributed by atoms with Crippen LogP contribution in [-0.2, 0) is 24.2 Å². The SMILES string of the molecule is O=C(C#Cc1ccccc1)N1CCc2nnc(Cc3ccccc3)n2CC1. The van der Waals surface area contributed by atoms with Crippen molar-refractivity contribution >= 4 is 5.91 Å². The Kier molecular flexibility index (Phi) is 4.97. The summed E-state index contributed by atoms with van der Waals surface area (Å²) >= 11 is 0. The molecule has 2 heterocycles. The van der Waals surface area contributed by atoms with Crippen molar-refractivity contribution in [3.05, 3.63) is 83.4 Å². The molecule has 134 valence electrons. The standard InChI is InChI=1S/C22H20N4O/c27-22(12-11-18-7-3-1-4-8-18)25-14-13-20-23-24-21(26(20)16-15-25)17-19-9-5-2-6-10-19/h1-10H,13-17H2. The molecule has 1 aliphatic rings. The average molecular weight is 356 g/mol. The van der Waals surface area contributed by atoms with Gasteiger partial charge in [0.1, 0.15) is 11.6 Å². The van der Waals surface area contributed by atoms with Crippen molar-refractivity contribution in [2.24, 2.45) is 0 Å². The Labute approximate surface area is 158 Å². The highest BCUT2D eigenvalue weighted by Gasteiger charge is 2.21. The third kappa shape index (κ3) is 4.06. The summed E-state index contributed by atoms with van der Waals surface area (Å²) in [5.41, 5.74) is 2.06. The zero-order valence-corrected chi connectivity index (χ0v) is 15.0. The van der Waals surface area contributed by atoms with E-state index < -0.39 is 0 Å². The van der Waals surface area contributed by atoms with E-state index in [4.69, 9.17) is 0 Å². The molecular formula is C22H20N4O. The van der Waals surface area contributed by atoms with E-state index in [0.717, 1.165) is 23.6 Å².